The zero-order valence-corrected chi connectivity index (χ0v) is 10.8. The number of nitriles is 1. The molecule has 4 heteroatoms. The summed E-state index contributed by atoms with van der Waals surface area (Å²) in [5.74, 6) is 0. The number of rotatable bonds is 6. The van der Waals surface area contributed by atoms with Crippen molar-refractivity contribution >= 4 is 6.03 Å². The first-order chi connectivity index (χ1) is 9.21. The molecule has 1 aromatic rings. The third-order valence-corrected chi connectivity index (χ3v) is 2.51. The molecule has 4 nitrogen and oxygen atoms in total. The number of carbonyl (C=O) groups excluding carboxylic acids is 1. The highest BCUT2D eigenvalue weighted by Gasteiger charge is 2.09. The van der Waals surface area contributed by atoms with Gasteiger partial charge in [-0.25, -0.2) is 4.79 Å². The number of benzene rings is 1. The lowest BCUT2D eigenvalue weighted by Crippen LogP contribution is -2.39. The highest BCUT2D eigenvalue weighted by Crippen LogP contribution is 2.03. The van der Waals surface area contributed by atoms with Gasteiger partial charge < -0.3 is 10.2 Å². The van der Waals surface area contributed by atoms with Crippen LogP contribution in [0, 0.1) is 11.3 Å². The fourth-order valence-corrected chi connectivity index (χ4v) is 1.54. The number of hydrogen-bond donors (Lipinski definition) is 1. The summed E-state index contributed by atoms with van der Waals surface area (Å²) in [7, 11) is 0. The molecule has 0 spiro atoms. The standard InChI is InChI=1S/C15H17N3O/c1-3-9-18(10-4-2)15(19)17-12-14-7-5-13(11-16)6-8-14/h3-8H,1-2,9-10,12H2,(H,17,19). The minimum Gasteiger partial charge on any atom is -0.334 e. The lowest BCUT2D eigenvalue weighted by molar-refractivity contribution is 0.208. The maximum absolute atomic E-state index is 11.9. The number of nitrogens with one attached hydrogen (secondary N) is 1. The molecule has 0 unspecified atom stereocenters. The van der Waals surface area contributed by atoms with E-state index in [2.05, 4.69) is 24.5 Å². The second-order valence-electron chi connectivity index (χ2n) is 3.95. The average Bonchev–Trinajstić information content (AvgIpc) is 2.45. The van der Waals surface area contributed by atoms with E-state index in [1.807, 2.05) is 12.1 Å². The van der Waals surface area contributed by atoms with Crippen LogP contribution in [0.25, 0.3) is 0 Å². The van der Waals surface area contributed by atoms with E-state index in [1.165, 1.54) is 0 Å². The molecule has 0 atom stereocenters. The van der Waals surface area contributed by atoms with Crippen molar-refractivity contribution < 1.29 is 4.79 Å². The topological polar surface area (TPSA) is 56.1 Å². The third kappa shape index (κ3) is 4.68. The maximum Gasteiger partial charge on any atom is 0.318 e. The van der Waals surface area contributed by atoms with Gasteiger partial charge in [0.2, 0.25) is 0 Å². The molecule has 0 aliphatic heterocycles. The zero-order valence-electron chi connectivity index (χ0n) is 10.8. The first-order valence-electron chi connectivity index (χ1n) is 5.95. The Morgan fingerprint density at radius 2 is 1.84 bits per heavy atom. The Hall–Kier alpha value is -2.54. The zero-order chi connectivity index (χ0) is 14.1. The molecular formula is C15H17N3O. The summed E-state index contributed by atoms with van der Waals surface area (Å²) in [4.78, 5) is 13.5. The van der Waals surface area contributed by atoms with Gasteiger partial charge in [-0.1, -0.05) is 24.3 Å². The molecule has 0 aliphatic rings. The van der Waals surface area contributed by atoms with Gasteiger partial charge in [0.25, 0.3) is 0 Å². The first kappa shape index (κ1) is 14.5. The molecule has 1 N–H and O–H groups in total. The molecule has 0 heterocycles. The van der Waals surface area contributed by atoms with E-state index < -0.39 is 0 Å². The summed E-state index contributed by atoms with van der Waals surface area (Å²) >= 11 is 0. The molecule has 0 fully saturated rings. The number of hydrogen-bond acceptors (Lipinski definition) is 2. The summed E-state index contributed by atoms with van der Waals surface area (Å²) < 4.78 is 0. The summed E-state index contributed by atoms with van der Waals surface area (Å²) in [5.41, 5.74) is 1.56. The molecule has 1 rings (SSSR count). The SMILES string of the molecule is C=CCN(CC=C)C(=O)NCc1ccc(C#N)cc1. The van der Waals surface area contributed by atoms with Crippen LogP contribution in [0.4, 0.5) is 4.79 Å². The first-order valence-corrected chi connectivity index (χ1v) is 5.95. The van der Waals surface area contributed by atoms with E-state index in [-0.39, 0.29) is 6.03 Å². The molecule has 0 saturated heterocycles. The van der Waals surface area contributed by atoms with Crippen molar-refractivity contribution in [3.05, 3.63) is 60.7 Å². The molecule has 1 aromatic carbocycles. The Bertz CT molecular complexity index is 475. The van der Waals surface area contributed by atoms with Crippen molar-refractivity contribution in [2.75, 3.05) is 13.1 Å². The fourth-order valence-electron chi connectivity index (χ4n) is 1.54. The molecule has 0 radical (unpaired) electrons. The summed E-state index contributed by atoms with van der Waals surface area (Å²) in [6.07, 6.45) is 3.34. The monoisotopic (exact) mass is 255 g/mol. The van der Waals surface area contributed by atoms with E-state index >= 15 is 0 Å². The normalized spacial score (nSPS) is 9.21. The van der Waals surface area contributed by atoms with Crippen LogP contribution in [-0.2, 0) is 6.54 Å². The highest BCUT2D eigenvalue weighted by molar-refractivity contribution is 5.74. The van der Waals surface area contributed by atoms with Gasteiger partial charge in [-0.2, -0.15) is 5.26 Å². The van der Waals surface area contributed by atoms with E-state index in [0.717, 1.165) is 5.56 Å². The van der Waals surface area contributed by atoms with Crippen LogP contribution in [0.5, 0.6) is 0 Å². The minimum absolute atomic E-state index is 0.163. The fraction of sp³-hybridized carbons (Fsp3) is 0.200. The molecule has 98 valence electrons. The molecule has 2 amide bonds. The molecule has 19 heavy (non-hydrogen) atoms. The molecular weight excluding hydrogens is 238 g/mol. The Morgan fingerprint density at radius 1 is 1.26 bits per heavy atom. The van der Waals surface area contributed by atoms with Gasteiger partial charge in [-0.3, -0.25) is 0 Å². The van der Waals surface area contributed by atoms with Crippen molar-refractivity contribution in [2.45, 2.75) is 6.54 Å². The van der Waals surface area contributed by atoms with Crippen molar-refractivity contribution in [2.24, 2.45) is 0 Å². The molecule has 0 aliphatic carbocycles. The van der Waals surface area contributed by atoms with Crippen LogP contribution in [0.1, 0.15) is 11.1 Å². The minimum atomic E-state index is -0.163. The van der Waals surface area contributed by atoms with Crippen LogP contribution < -0.4 is 5.32 Å². The van der Waals surface area contributed by atoms with Gasteiger partial charge in [0.15, 0.2) is 0 Å². The second kappa shape index (κ2) is 7.72. The van der Waals surface area contributed by atoms with Crippen LogP contribution in [0.3, 0.4) is 0 Å². The molecule has 0 aromatic heterocycles. The number of urea groups is 1. The van der Waals surface area contributed by atoms with Gasteiger partial charge in [-0.15, -0.1) is 13.2 Å². The average molecular weight is 255 g/mol. The van der Waals surface area contributed by atoms with Gasteiger partial charge in [0.1, 0.15) is 0 Å². The summed E-state index contributed by atoms with van der Waals surface area (Å²) in [6.45, 7) is 8.61. The second-order valence-corrected chi connectivity index (χ2v) is 3.95. The van der Waals surface area contributed by atoms with Crippen LogP contribution in [0.2, 0.25) is 0 Å². The predicted octanol–water partition coefficient (Wildman–Crippen LogP) is 2.44. The van der Waals surface area contributed by atoms with Gasteiger partial charge in [0, 0.05) is 19.6 Å². The van der Waals surface area contributed by atoms with Crippen LogP contribution >= 0.6 is 0 Å². The predicted molar refractivity (Wildman–Crippen MR) is 75.4 cm³/mol. The number of nitrogens with zero attached hydrogens (tertiary/aromatic N) is 2. The summed E-state index contributed by atoms with van der Waals surface area (Å²) in [5, 5.41) is 11.5. The van der Waals surface area contributed by atoms with E-state index in [9.17, 15) is 4.79 Å². The van der Waals surface area contributed by atoms with Crippen LogP contribution in [0.15, 0.2) is 49.6 Å². The molecule has 0 bridgehead atoms. The maximum atomic E-state index is 11.9. The van der Waals surface area contributed by atoms with Crippen molar-refractivity contribution in [1.29, 1.82) is 5.26 Å². The van der Waals surface area contributed by atoms with Crippen molar-refractivity contribution in [3.63, 3.8) is 0 Å². The van der Waals surface area contributed by atoms with Crippen LogP contribution in [-0.4, -0.2) is 24.0 Å². The largest absolute Gasteiger partial charge is 0.334 e. The quantitative estimate of drug-likeness (QED) is 0.794. The van der Waals surface area contributed by atoms with E-state index in [0.29, 0.717) is 25.2 Å². The van der Waals surface area contributed by atoms with E-state index in [1.54, 1.807) is 29.2 Å². The third-order valence-electron chi connectivity index (χ3n) is 2.51. The van der Waals surface area contributed by atoms with Gasteiger partial charge in [0.05, 0.1) is 11.6 Å². The van der Waals surface area contributed by atoms with E-state index in [4.69, 9.17) is 5.26 Å². The van der Waals surface area contributed by atoms with Gasteiger partial charge >= 0.3 is 6.03 Å². The lowest BCUT2D eigenvalue weighted by atomic mass is 10.1. The lowest BCUT2D eigenvalue weighted by Gasteiger charge is -2.19. The van der Waals surface area contributed by atoms with Crippen molar-refractivity contribution in [3.8, 4) is 6.07 Å². The Kier molecular flexibility index (Phi) is 5.90. The van der Waals surface area contributed by atoms with Gasteiger partial charge in [-0.05, 0) is 17.7 Å². The number of carbonyl (C=O) groups is 1. The number of amides is 2. The Labute approximate surface area is 113 Å². The Balaban J connectivity index is 2.54. The highest BCUT2D eigenvalue weighted by atomic mass is 16.2. The smallest absolute Gasteiger partial charge is 0.318 e. The van der Waals surface area contributed by atoms with Crippen molar-refractivity contribution in [1.82, 2.24) is 10.2 Å². The Morgan fingerprint density at radius 3 is 2.32 bits per heavy atom. The summed E-state index contributed by atoms with van der Waals surface area (Å²) in [6, 6.07) is 9.00. The molecule has 0 saturated carbocycles.